The molecule has 25 heavy (non-hydrogen) atoms. The minimum absolute atomic E-state index is 0.140. The molecule has 0 spiro atoms. The molecule has 2 aromatic rings. The predicted molar refractivity (Wildman–Crippen MR) is 101 cm³/mol. The van der Waals surface area contributed by atoms with Crippen molar-refractivity contribution in [3.8, 4) is 0 Å². The summed E-state index contributed by atoms with van der Waals surface area (Å²) >= 11 is 6.92. The Morgan fingerprint density at radius 1 is 1.12 bits per heavy atom. The molecule has 0 radical (unpaired) electrons. The Hall–Kier alpha value is -1.92. The number of carbonyl (C=O) groups is 2. The first-order valence-corrected chi connectivity index (χ1v) is 9.46. The number of rotatable bonds is 5. The zero-order chi connectivity index (χ0) is 17.8. The number of hydrogen-bond acceptors (Lipinski definition) is 5. The molecule has 3 heterocycles. The third-order valence-electron chi connectivity index (χ3n) is 4.38. The van der Waals surface area contributed by atoms with E-state index in [2.05, 4.69) is 16.0 Å². The zero-order valence-electron chi connectivity index (χ0n) is 14.1. The molecule has 0 saturated carbocycles. The van der Waals surface area contributed by atoms with E-state index < -0.39 is 5.24 Å². The second kappa shape index (κ2) is 7.97. The number of halogens is 1. The summed E-state index contributed by atoms with van der Waals surface area (Å²) in [6, 6.07) is 7.86. The summed E-state index contributed by atoms with van der Waals surface area (Å²) in [4.78, 5) is 32.9. The Morgan fingerprint density at radius 2 is 1.88 bits per heavy atom. The van der Waals surface area contributed by atoms with Gasteiger partial charge in [-0.25, -0.2) is 0 Å². The van der Waals surface area contributed by atoms with Crippen molar-refractivity contribution in [2.24, 2.45) is 0 Å². The average molecular weight is 378 g/mol. The van der Waals surface area contributed by atoms with Crippen LogP contribution in [0, 0.1) is 0 Å². The Bertz CT molecular complexity index is 752. The summed E-state index contributed by atoms with van der Waals surface area (Å²) < 4.78 is 0. The molecule has 1 saturated heterocycles. The highest BCUT2D eigenvalue weighted by atomic mass is 35.5. The third kappa shape index (κ3) is 4.58. The highest BCUT2D eigenvalue weighted by Gasteiger charge is 2.18. The van der Waals surface area contributed by atoms with Crippen molar-refractivity contribution in [1.29, 1.82) is 0 Å². The molecule has 3 rings (SSSR count). The van der Waals surface area contributed by atoms with Gasteiger partial charge in [-0.1, -0.05) is 0 Å². The van der Waals surface area contributed by atoms with E-state index in [9.17, 15) is 9.59 Å². The lowest BCUT2D eigenvalue weighted by molar-refractivity contribution is -0.129. The molecule has 1 aliphatic rings. The first kappa shape index (κ1) is 17.9. The normalized spacial score (nSPS) is 14.6. The molecule has 0 bridgehead atoms. The maximum Gasteiger partial charge on any atom is 0.262 e. The molecular weight excluding hydrogens is 358 g/mol. The third-order valence-corrected chi connectivity index (χ3v) is 5.84. The molecule has 1 amide bonds. The number of carbonyl (C=O) groups excluding carboxylic acids is 2. The average Bonchev–Trinajstić information content (AvgIpc) is 3.10. The second-order valence-corrected chi connectivity index (χ2v) is 7.55. The zero-order valence-corrected chi connectivity index (χ0v) is 15.6. The van der Waals surface area contributed by atoms with E-state index in [1.807, 2.05) is 23.2 Å². The second-order valence-electron chi connectivity index (χ2n) is 6.04. The van der Waals surface area contributed by atoms with Crippen LogP contribution in [0.3, 0.4) is 0 Å². The van der Waals surface area contributed by atoms with Crippen LogP contribution in [0.2, 0.25) is 0 Å². The number of piperazine rings is 1. The van der Waals surface area contributed by atoms with Gasteiger partial charge in [-0.3, -0.25) is 14.6 Å². The van der Waals surface area contributed by atoms with E-state index in [1.165, 1.54) is 11.3 Å². The van der Waals surface area contributed by atoms with Crippen LogP contribution in [0.15, 0.2) is 30.5 Å². The van der Waals surface area contributed by atoms with Crippen LogP contribution in [0.1, 0.15) is 27.2 Å². The summed E-state index contributed by atoms with van der Waals surface area (Å²) in [7, 11) is 0. The SMILES string of the molecule is CC(=O)N1CCN(c2ccc(CCc3ccc(C(=O)Cl)s3)nc2)CC1. The van der Waals surface area contributed by atoms with Gasteiger partial charge in [0.05, 0.1) is 16.8 Å². The van der Waals surface area contributed by atoms with Crippen LogP contribution in [0.5, 0.6) is 0 Å². The van der Waals surface area contributed by atoms with Crippen molar-refractivity contribution in [3.05, 3.63) is 45.9 Å². The first-order valence-electron chi connectivity index (χ1n) is 8.27. The molecule has 5 nitrogen and oxygen atoms in total. The minimum atomic E-state index is -0.399. The molecular formula is C18H20ClN3O2S. The van der Waals surface area contributed by atoms with Crippen LogP contribution < -0.4 is 4.90 Å². The van der Waals surface area contributed by atoms with Crippen LogP contribution in [0.4, 0.5) is 5.69 Å². The molecule has 0 atom stereocenters. The van der Waals surface area contributed by atoms with Gasteiger partial charge in [0.15, 0.2) is 0 Å². The van der Waals surface area contributed by atoms with Crippen molar-refractivity contribution in [1.82, 2.24) is 9.88 Å². The quantitative estimate of drug-likeness (QED) is 0.752. The Balaban J connectivity index is 1.53. The molecule has 0 N–H and O–H groups in total. The van der Waals surface area contributed by atoms with Crippen molar-refractivity contribution < 1.29 is 9.59 Å². The van der Waals surface area contributed by atoms with E-state index in [1.54, 1.807) is 13.0 Å². The predicted octanol–water partition coefficient (Wildman–Crippen LogP) is 2.98. The fourth-order valence-corrected chi connectivity index (χ4v) is 3.92. The smallest absolute Gasteiger partial charge is 0.262 e. The number of thiophene rings is 1. The van der Waals surface area contributed by atoms with Crippen LogP contribution in [-0.4, -0.2) is 47.2 Å². The number of hydrogen-bond donors (Lipinski definition) is 0. The number of amides is 1. The summed E-state index contributed by atoms with van der Waals surface area (Å²) in [5.74, 6) is 0.140. The van der Waals surface area contributed by atoms with Gasteiger partial charge >= 0.3 is 0 Å². The fourth-order valence-electron chi connectivity index (χ4n) is 2.90. The highest BCUT2D eigenvalue weighted by molar-refractivity contribution is 7.15. The van der Waals surface area contributed by atoms with E-state index in [0.717, 1.165) is 55.3 Å². The van der Waals surface area contributed by atoms with Gasteiger partial charge in [-0.15, -0.1) is 11.3 Å². The Labute approximate surface area is 156 Å². The van der Waals surface area contributed by atoms with Gasteiger partial charge in [-0.2, -0.15) is 0 Å². The van der Waals surface area contributed by atoms with Gasteiger partial charge in [0, 0.05) is 43.7 Å². The van der Waals surface area contributed by atoms with Gasteiger partial charge < -0.3 is 9.80 Å². The highest BCUT2D eigenvalue weighted by Crippen LogP contribution is 2.21. The molecule has 7 heteroatoms. The summed E-state index contributed by atoms with van der Waals surface area (Å²) in [6.45, 7) is 4.82. The maximum atomic E-state index is 11.4. The van der Waals surface area contributed by atoms with Crippen LogP contribution in [0.25, 0.3) is 0 Å². The van der Waals surface area contributed by atoms with Crippen molar-refractivity contribution in [2.45, 2.75) is 19.8 Å². The molecule has 0 aliphatic carbocycles. The van der Waals surface area contributed by atoms with Gasteiger partial charge in [-0.05, 0) is 48.7 Å². The molecule has 1 fully saturated rings. The number of pyridine rings is 1. The molecule has 1 aliphatic heterocycles. The molecule has 0 aromatic carbocycles. The van der Waals surface area contributed by atoms with Gasteiger partial charge in [0.1, 0.15) is 0 Å². The maximum absolute atomic E-state index is 11.4. The molecule has 132 valence electrons. The van der Waals surface area contributed by atoms with E-state index in [0.29, 0.717) is 4.88 Å². The summed E-state index contributed by atoms with van der Waals surface area (Å²) in [5.41, 5.74) is 2.12. The fraction of sp³-hybridized carbons (Fsp3) is 0.389. The number of aromatic nitrogens is 1. The van der Waals surface area contributed by atoms with E-state index in [-0.39, 0.29) is 5.91 Å². The minimum Gasteiger partial charge on any atom is -0.367 e. The standard InChI is InChI=1S/C18H20ClN3O2S/c1-13(23)21-8-10-22(11-9-21)15-4-2-14(20-12-15)3-5-16-6-7-17(25-16)18(19)24/h2,4,6-7,12H,3,5,8-11H2,1H3. The summed E-state index contributed by atoms with van der Waals surface area (Å²) in [5, 5.41) is -0.399. The monoisotopic (exact) mass is 377 g/mol. The van der Waals surface area contributed by atoms with Crippen LogP contribution >= 0.6 is 22.9 Å². The Morgan fingerprint density at radius 3 is 2.44 bits per heavy atom. The van der Waals surface area contributed by atoms with Crippen molar-refractivity contribution >= 4 is 39.8 Å². The topological polar surface area (TPSA) is 53.5 Å². The molecule has 0 unspecified atom stereocenters. The van der Waals surface area contributed by atoms with Crippen molar-refractivity contribution in [2.75, 3.05) is 31.1 Å². The Kier molecular flexibility index (Phi) is 5.71. The lowest BCUT2D eigenvalue weighted by Crippen LogP contribution is -2.48. The van der Waals surface area contributed by atoms with Crippen molar-refractivity contribution in [3.63, 3.8) is 0 Å². The molecule has 2 aromatic heterocycles. The first-order chi connectivity index (χ1) is 12.0. The number of nitrogens with zero attached hydrogens (tertiary/aromatic N) is 3. The number of anilines is 1. The van der Waals surface area contributed by atoms with E-state index >= 15 is 0 Å². The lowest BCUT2D eigenvalue weighted by atomic mass is 10.2. The summed E-state index contributed by atoms with van der Waals surface area (Å²) in [6.07, 6.45) is 3.58. The van der Waals surface area contributed by atoms with Gasteiger partial charge in [0.25, 0.3) is 5.24 Å². The van der Waals surface area contributed by atoms with E-state index in [4.69, 9.17) is 11.6 Å². The largest absolute Gasteiger partial charge is 0.367 e. The lowest BCUT2D eigenvalue weighted by Gasteiger charge is -2.35. The number of aryl methyl sites for hydroxylation is 2. The van der Waals surface area contributed by atoms with Gasteiger partial charge in [0.2, 0.25) is 5.91 Å². The van der Waals surface area contributed by atoms with Crippen LogP contribution in [-0.2, 0) is 17.6 Å².